The summed E-state index contributed by atoms with van der Waals surface area (Å²) in [6.07, 6.45) is 2.58. The van der Waals surface area contributed by atoms with Gasteiger partial charge >= 0.3 is 5.97 Å². The van der Waals surface area contributed by atoms with E-state index in [9.17, 15) is 14.0 Å². The van der Waals surface area contributed by atoms with Crippen LogP contribution in [0.3, 0.4) is 0 Å². The topological polar surface area (TPSA) is 77.8 Å². The maximum absolute atomic E-state index is 14.0. The second kappa shape index (κ2) is 8.16. The summed E-state index contributed by atoms with van der Waals surface area (Å²) in [5.74, 6) is -2.27. The minimum absolute atomic E-state index is 0.0365. The van der Waals surface area contributed by atoms with Crippen LogP contribution in [0.5, 0.6) is 0 Å². The van der Waals surface area contributed by atoms with Crippen molar-refractivity contribution >= 4 is 18.0 Å². The first kappa shape index (κ1) is 16.8. The van der Waals surface area contributed by atoms with Crippen molar-refractivity contribution < 1.29 is 24.2 Å². The van der Waals surface area contributed by atoms with Crippen molar-refractivity contribution in [1.82, 2.24) is 4.90 Å². The number of carboxylic acids is 1. The lowest BCUT2D eigenvalue weighted by Crippen LogP contribution is -2.32. The molecule has 0 aliphatic rings. The van der Waals surface area contributed by atoms with Crippen LogP contribution in [0.2, 0.25) is 0 Å². The van der Waals surface area contributed by atoms with E-state index >= 15 is 0 Å². The first-order chi connectivity index (χ1) is 9.99. The number of benzene rings is 1. The molecule has 0 fully saturated rings. The highest BCUT2D eigenvalue weighted by Crippen LogP contribution is 2.14. The van der Waals surface area contributed by atoms with Gasteiger partial charge in [0.05, 0.1) is 5.56 Å². The highest BCUT2D eigenvalue weighted by molar-refractivity contribution is 5.95. The van der Waals surface area contributed by atoms with E-state index in [1.807, 2.05) is 0 Å². The molecule has 5 nitrogen and oxygen atoms in total. The molecule has 1 aromatic rings. The van der Waals surface area contributed by atoms with Gasteiger partial charge in [0.1, 0.15) is 5.82 Å². The minimum atomic E-state index is -1.13. The molecule has 1 aromatic carbocycles. The molecule has 0 unspecified atom stereocenters. The maximum Gasteiger partial charge on any atom is 0.328 e. The molecule has 0 saturated heterocycles. The van der Waals surface area contributed by atoms with Gasteiger partial charge in [0.25, 0.3) is 5.91 Å². The smallest absolute Gasteiger partial charge is 0.328 e. The molecule has 0 aromatic heterocycles. The van der Waals surface area contributed by atoms with E-state index in [2.05, 4.69) is 0 Å². The lowest BCUT2D eigenvalue weighted by molar-refractivity contribution is -0.131. The highest BCUT2D eigenvalue weighted by atomic mass is 19.1. The molecule has 6 heteroatoms. The number of carbonyl (C=O) groups excluding carboxylic acids is 1. The number of aliphatic carboxylic acids is 1. The minimum Gasteiger partial charge on any atom is -0.478 e. The molecule has 0 heterocycles. The normalized spacial score (nSPS) is 10.8. The summed E-state index contributed by atoms with van der Waals surface area (Å²) in [6.45, 7) is 2.51. The Morgan fingerprint density at radius 1 is 1.38 bits per heavy atom. The van der Waals surface area contributed by atoms with Gasteiger partial charge in [-0.15, -0.1) is 0 Å². The number of aliphatic hydroxyl groups excluding tert-OH is 1. The fourth-order valence-corrected chi connectivity index (χ4v) is 1.81. The SMILES string of the molecule is CCN(CCCO)C(=O)c1ccc(/C=C/C(=O)O)cc1F. The second-order valence-corrected chi connectivity index (χ2v) is 4.37. The predicted molar refractivity (Wildman–Crippen MR) is 76.4 cm³/mol. The van der Waals surface area contributed by atoms with E-state index in [1.54, 1.807) is 6.92 Å². The largest absolute Gasteiger partial charge is 0.478 e. The Kier molecular flexibility index (Phi) is 6.55. The van der Waals surface area contributed by atoms with Crippen molar-refractivity contribution in [3.8, 4) is 0 Å². The molecule has 2 N–H and O–H groups in total. The standard InChI is InChI=1S/C15H18FNO4/c1-2-17(8-3-9-18)15(21)12-6-4-11(10-13(12)16)5-7-14(19)20/h4-7,10,18H,2-3,8-9H2,1H3,(H,19,20)/b7-5+. The van der Waals surface area contributed by atoms with Gasteiger partial charge < -0.3 is 15.1 Å². The van der Waals surface area contributed by atoms with Crippen molar-refractivity contribution in [2.45, 2.75) is 13.3 Å². The van der Waals surface area contributed by atoms with Crippen LogP contribution in [0.25, 0.3) is 6.08 Å². The van der Waals surface area contributed by atoms with Crippen molar-refractivity contribution in [2.24, 2.45) is 0 Å². The van der Waals surface area contributed by atoms with E-state index in [4.69, 9.17) is 10.2 Å². The number of aliphatic hydroxyl groups is 1. The molecule has 0 bridgehead atoms. The Morgan fingerprint density at radius 3 is 2.62 bits per heavy atom. The number of halogens is 1. The van der Waals surface area contributed by atoms with Crippen molar-refractivity contribution in [1.29, 1.82) is 0 Å². The molecular formula is C15H18FNO4. The van der Waals surface area contributed by atoms with Crippen LogP contribution in [0.4, 0.5) is 4.39 Å². The number of hydrogen-bond donors (Lipinski definition) is 2. The Labute approximate surface area is 122 Å². The quantitative estimate of drug-likeness (QED) is 0.751. The molecule has 1 rings (SSSR count). The zero-order valence-corrected chi connectivity index (χ0v) is 11.8. The fourth-order valence-electron chi connectivity index (χ4n) is 1.81. The lowest BCUT2D eigenvalue weighted by atomic mass is 10.1. The van der Waals surface area contributed by atoms with Crippen LogP contribution in [0, 0.1) is 5.82 Å². The van der Waals surface area contributed by atoms with E-state index in [0.29, 0.717) is 25.1 Å². The summed E-state index contributed by atoms with van der Waals surface area (Å²) in [4.78, 5) is 24.0. The van der Waals surface area contributed by atoms with Gasteiger partial charge in [0.2, 0.25) is 0 Å². The Balaban J connectivity index is 2.92. The molecule has 0 atom stereocenters. The number of amides is 1. The zero-order chi connectivity index (χ0) is 15.8. The van der Waals surface area contributed by atoms with Gasteiger partial charge in [-0.25, -0.2) is 9.18 Å². The van der Waals surface area contributed by atoms with Gasteiger partial charge in [-0.3, -0.25) is 4.79 Å². The first-order valence-corrected chi connectivity index (χ1v) is 6.60. The van der Waals surface area contributed by atoms with Crippen molar-refractivity contribution in [3.05, 3.63) is 41.2 Å². The van der Waals surface area contributed by atoms with Crippen LogP contribution in [0.1, 0.15) is 29.3 Å². The van der Waals surface area contributed by atoms with Gasteiger partial charge in [-0.05, 0) is 37.1 Å². The predicted octanol–water partition coefficient (Wildman–Crippen LogP) is 1.77. The number of carboxylic acid groups (broad SMARTS) is 1. The third kappa shape index (κ3) is 5.00. The van der Waals surface area contributed by atoms with Crippen LogP contribution in [-0.2, 0) is 4.79 Å². The summed E-state index contributed by atoms with van der Waals surface area (Å²) in [6, 6.07) is 3.93. The average molecular weight is 295 g/mol. The molecule has 114 valence electrons. The molecule has 0 aliphatic heterocycles. The molecular weight excluding hydrogens is 277 g/mol. The highest BCUT2D eigenvalue weighted by Gasteiger charge is 2.17. The molecule has 1 amide bonds. The molecule has 0 radical (unpaired) electrons. The Bertz CT molecular complexity index is 542. The lowest BCUT2D eigenvalue weighted by Gasteiger charge is -2.20. The fraction of sp³-hybridized carbons (Fsp3) is 0.333. The van der Waals surface area contributed by atoms with E-state index in [1.165, 1.54) is 23.1 Å². The van der Waals surface area contributed by atoms with Crippen molar-refractivity contribution in [2.75, 3.05) is 19.7 Å². The van der Waals surface area contributed by atoms with Gasteiger partial charge in [0, 0.05) is 25.8 Å². The van der Waals surface area contributed by atoms with E-state index in [0.717, 1.165) is 12.1 Å². The van der Waals surface area contributed by atoms with Crippen LogP contribution < -0.4 is 0 Å². The average Bonchev–Trinajstić information content (AvgIpc) is 2.45. The summed E-state index contributed by atoms with van der Waals surface area (Å²) < 4.78 is 14.0. The maximum atomic E-state index is 14.0. The summed E-state index contributed by atoms with van der Waals surface area (Å²) in [7, 11) is 0. The Hall–Kier alpha value is -2.21. The molecule has 0 spiro atoms. The van der Waals surface area contributed by atoms with Crippen LogP contribution in [0.15, 0.2) is 24.3 Å². The van der Waals surface area contributed by atoms with E-state index < -0.39 is 17.7 Å². The van der Waals surface area contributed by atoms with Gasteiger partial charge in [0.15, 0.2) is 0 Å². The summed E-state index contributed by atoms with van der Waals surface area (Å²) in [5, 5.41) is 17.3. The van der Waals surface area contributed by atoms with Crippen molar-refractivity contribution in [3.63, 3.8) is 0 Å². The van der Waals surface area contributed by atoms with Crippen LogP contribution >= 0.6 is 0 Å². The summed E-state index contributed by atoms with van der Waals surface area (Å²) in [5.41, 5.74) is 0.298. The van der Waals surface area contributed by atoms with Crippen LogP contribution in [-0.4, -0.2) is 46.7 Å². The molecule has 21 heavy (non-hydrogen) atoms. The van der Waals surface area contributed by atoms with E-state index in [-0.39, 0.29) is 12.2 Å². The summed E-state index contributed by atoms with van der Waals surface area (Å²) >= 11 is 0. The third-order valence-corrected chi connectivity index (χ3v) is 2.90. The van der Waals surface area contributed by atoms with Gasteiger partial charge in [-0.1, -0.05) is 6.07 Å². The number of carbonyl (C=O) groups is 2. The monoisotopic (exact) mass is 295 g/mol. The zero-order valence-electron chi connectivity index (χ0n) is 11.8. The van der Waals surface area contributed by atoms with Gasteiger partial charge in [-0.2, -0.15) is 0 Å². The molecule has 0 saturated carbocycles. The number of nitrogens with zero attached hydrogens (tertiary/aromatic N) is 1. The third-order valence-electron chi connectivity index (χ3n) is 2.90. The first-order valence-electron chi connectivity index (χ1n) is 6.60. The Morgan fingerprint density at radius 2 is 2.10 bits per heavy atom. The number of hydrogen-bond acceptors (Lipinski definition) is 3. The second-order valence-electron chi connectivity index (χ2n) is 4.37. The number of rotatable bonds is 7. The molecule has 0 aliphatic carbocycles.